The Morgan fingerprint density at radius 1 is 1.27 bits per heavy atom. The number of aliphatic carboxylic acids is 2. The molecule has 0 heterocycles. The molecule has 0 atom stereocenters. The van der Waals surface area contributed by atoms with Crippen molar-refractivity contribution in [1.29, 1.82) is 5.26 Å². The van der Waals surface area contributed by atoms with Gasteiger partial charge >= 0.3 is 11.9 Å². The van der Waals surface area contributed by atoms with Gasteiger partial charge in [-0.2, -0.15) is 5.26 Å². The first-order chi connectivity index (χ1) is 6.91. The fourth-order valence-electron chi connectivity index (χ4n) is 1.26. The number of carbonyl (C=O) groups is 2. The third-order valence-electron chi connectivity index (χ3n) is 1.88. The molecule has 15 heavy (non-hydrogen) atoms. The van der Waals surface area contributed by atoms with Crippen molar-refractivity contribution in [1.82, 2.24) is 0 Å². The lowest BCUT2D eigenvalue weighted by Gasteiger charge is -2.10. The Hall–Kier alpha value is -1.83. The van der Waals surface area contributed by atoms with Crippen molar-refractivity contribution >= 4 is 11.9 Å². The van der Waals surface area contributed by atoms with Crippen molar-refractivity contribution < 1.29 is 19.8 Å². The van der Waals surface area contributed by atoms with Crippen LogP contribution in [0.25, 0.3) is 0 Å². The summed E-state index contributed by atoms with van der Waals surface area (Å²) < 4.78 is 0. The molecule has 5 heteroatoms. The minimum absolute atomic E-state index is 0.00509. The number of nitriles is 1. The fourth-order valence-corrected chi connectivity index (χ4v) is 1.26. The smallest absolute Gasteiger partial charge is 0.332 e. The summed E-state index contributed by atoms with van der Waals surface area (Å²) in [5, 5.41) is 26.0. The van der Waals surface area contributed by atoms with Crippen LogP contribution in [0, 0.1) is 17.2 Å². The number of rotatable bonds is 5. The maximum atomic E-state index is 10.8. The van der Waals surface area contributed by atoms with E-state index >= 15 is 0 Å². The quantitative estimate of drug-likeness (QED) is 0.670. The van der Waals surface area contributed by atoms with Gasteiger partial charge in [-0.05, 0) is 12.3 Å². The summed E-state index contributed by atoms with van der Waals surface area (Å²) in [5.41, 5.74) is -0.309. The average molecular weight is 211 g/mol. The van der Waals surface area contributed by atoms with Crippen LogP contribution in [0.4, 0.5) is 0 Å². The molecule has 0 rings (SSSR count). The Balaban J connectivity index is 5.27. The van der Waals surface area contributed by atoms with Crippen molar-refractivity contribution in [2.45, 2.75) is 26.7 Å². The Labute approximate surface area is 87.6 Å². The molecule has 0 aliphatic carbocycles. The van der Waals surface area contributed by atoms with E-state index in [0.717, 1.165) is 0 Å². The first-order valence-electron chi connectivity index (χ1n) is 4.48. The maximum Gasteiger partial charge on any atom is 0.332 e. The van der Waals surface area contributed by atoms with Gasteiger partial charge in [0, 0.05) is 17.6 Å². The topological polar surface area (TPSA) is 98.4 Å². The molecule has 0 saturated carbocycles. The Kier molecular flexibility index (Phi) is 5.10. The highest BCUT2D eigenvalue weighted by molar-refractivity contribution is 5.99. The van der Waals surface area contributed by atoms with Gasteiger partial charge in [0.2, 0.25) is 0 Å². The van der Waals surface area contributed by atoms with Crippen molar-refractivity contribution in [3.63, 3.8) is 0 Å². The third-order valence-corrected chi connectivity index (χ3v) is 1.88. The molecule has 0 aliphatic rings. The monoisotopic (exact) mass is 211 g/mol. The zero-order valence-electron chi connectivity index (χ0n) is 8.65. The standard InChI is InChI=1S/C10H13NO4/c1-6(2)8(10(14)15)7(9(12)13)4-3-5-11/h6H,3-4H2,1-2H3,(H,12,13)(H,14,15). The molecule has 0 aromatic rings. The van der Waals surface area contributed by atoms with Crippen LogP contribution in [-0.2, 0) is 9.59 Å². The van der Waals surface area contributed by atoms with Gasteiger partial charge in [-0.1, -0.05) is 13.8 Å². The van der Waals surface area contributed by atoms with Gasteiger partial charge in [-0.25, -0.2) is 9.59 Å². The Morgan fingerprint density at radius 3 is 2.07 bits per heavy atom. The maximum absolute atomic E-state index is 10.8. The van der Waals surface area contributed by atoms with E-state index in [-0.39, 0.29) is 29.9 Å². The van der Waals surface area contributed by atoms with Crippen LogP contribution in [0.3, 0.4) is 0 Å². The lowest BCUT2D eigenvalue weighted by molar-refractivity contribution is -0.136. The highest BCUT2D eigenvalue weighted by Crippen LogP contribution is 2.19. The molecule has 0 aromatic heterocycles. The summed E-state index contributed by atoms with van der Waals surface area (Å²) >= 11 is 0. The van der Waals surface area contributed by atoms with Gasteiger partial charge in [0.1, 0.15) is 0 Å². The predicted molar refractivity (Wildman–Crippen MR) is 52.0 cm³/mol. The number of hydrogen-bond acceptors (Lipinski definition) is 3. The summed E-state index contributed by atoms with van der Waals surface area (Å²) in [7, 11) is 0. The molecule has 0 bridgehead atoms. The van der Waals surface area contributed by atoms with Crippen LogP contribution in [0.1, 0.15) is 26.7 Å². The van der Waals surface area contributed by atoms with Gasteiger partial charge in [0.05, 0.1) is 6.07 Å². The number of carboxylic acids is 2. The minimum atomic E-state index is -1.27. The molecule has 0 aliphatic heterocycles. The molecule has 0 amide bonds. The first kappa shape index (κ1) is 13.2. The molecule has 0 aromatic carbocycles. The van der Waals surface area contributed by atoms with Gasteiger partial charge in [0.25, 0.3) is 0 Å². The van der Waals surface area contributed by atoms with E-state index in [9.17, 15) is 9.59 Å². The second-order valence-corrected chi connectivity index (χ2v) is 3.32. The summed E-state index contributed by atoms with van der Waals surface area (Å²) in [6, 6.07) is 1.80. The van der Waals surface area contributed by atoms with Crippen molar-refractivity contribution in [2.75, 3.05) is 0 Å². The average Bonchev–Trinajstić information content (AvgIpc) is 2.09. The Bertz CT molecular complexity index is 336. The normalized spacial score (nSPS) is 11.9. The van der Waals surface area contributed by atoms with Crippen LogP contribution in [0.5, 0.6) is 0 Å². The van der Waals surface area contributed by atoms with E-state index in [1.165, 1.54) is 0 Å². The van der Waals surface area contributed by atoms with E-state index in [1.807, 2.05) is 0 Å². The van der Waals surface area contributed by atoms with Crippen LogP contribution in [0.15, 0.2) is 11.1 Å². The first-order valence-corrected chi connectivity index (χ1v) is 4.48. The van der Waals surface area contributed by atoms with E-state index in [1.54, 1.807) is 19.9 Å². The van der Waals surface area contributed by atoms with Gasteiger partial charge in [-0.3, -0.25) is 0 Å². The molecular formula is C10H13NO4. The predicted octanol–water partition coefficient (Wildman–Crippen LogP) is 1.41. The SMILES string of the molecule is CC(C)C(C(=O)O)=C(CCC#N)C(=O)O. The lowest BCUT2D eigenvalue weighted by atomic mass is 9.94. The third kappa shape index (κ3) is 3.81. The summed E-state index contributed by atoms with van der Waals surface area (Å²) in [6.07, 6.45) is -0.0310. The van der Waals surface area contributed by atoms with Gasteiger partial charge in [-0.15, -0.1) is 0 Å². The van der Waals surface area contributed by atoms with Crippen LogP contribution < -0.4 is 0 Å². The number of nitrogens with zero attached hydrogens (tertiary/aromatic N) is 1. The van der Waals surface area contributed by atoms with Gasteiger partial charge < -0.3 is 10.2 Å². The second kappa shape index (κ2) is 5.81. The molecule has 0 unspecified atom stereocenters. The highest BCUT2D eigenvalue weighted by Gasteiger charge is 2.22. The highest BCUT2D eigenvalue weighted by atomic mass is 16.4. The van der Waals surface area contributed by atoms with Crippen molar-refractivity contribution in [2.24, 2.45) is 5.92 Å². The number of carboxylic acid groups (broad SMARTS) is 2. The van der Waals surface area contributed by atoms with Gasteiger partial charge in [0.15, 0.2) is 0 Å². The molecule has 82 valence electrons. The van der Waals surface area contributed by atoms with Crippen molar-refractivity contribution in [3.8, 4) is 6.07 Å². The van der Waals surface area contributed by atoms with E-state index in [4.69, 9.17) is 15.5 Å². The van der Waals surface area contributed by atoms with Crippen LogP contribution >= 0.6 is 0 Å². The molecule has 0 radical (unpaired) electrons. The van der Waals surface area contributed by atoms with E-state index in [2.05, 4.69) is 0 Å². The molecule has 2 N–H and O–H groups in total. The van der Waals surface area contributed by atoms with Crippen LogP contribution in [-0.4, -0.2) is 22.2 Å². The van der Waals surface area contributed by atoms with Crippen molar-refractivity contribution in [3.05, 3.63) is 11.1 Å². The van der Waals surface area contributed by atoms with E-state index in [0.29, 0.717) is 0 Å². The summed E-state index contributed by atoms with van der Waals surface area (Å²) in [6.45, 7) is 3.22. The molecular weight excluding hydrogens is 198 g/mol. The van der Waals surface area contributed by atoms with Crippen LogP contribution in [0.2, 0.25) is 0 Å². The lowest BCUT2D eigenvalue weighted by Crippen LogP contribution is -2.15. The minimum Gasteiger partial charge on any atom is -0.478 e. The summed E-state index contributed by atoms with van der Waals surface area (Å²) in [4.78, 5) is 21.7. The Morgan fingerprint density at radius 2 is 1.80 bits per heavy atom. The molecule has 0 fully saturated rings. The molecule has 5 nitrogen and oxygen atoms in total. The molecule has 0 saturated heterocycles. The fraction of sp³-hybridized carbons (Fsp3) is 0.500. The largest absolute Gasteiger partial charge is 0.478 e. The summed E-state index contributed by atoms with van der Waals surface area (Å²) in [5.74, 6) is -2.89. The second-order valence-electron chi connectivity index (χ2n) is 3.32. The number of hydrogen-bond donors (Lipinski definition) is 2. The van der Waals surface area contributed by atoms with E-state index < -0.39 is 11.9 Å². The molecule has 0 spiro atoms. The zero-order chi connectivity index (χ0) is 12.0. The zero-order valence-corrected chi connectivity index (χ0v) is 8.65.